The van der Waals surface area contributed by atoms with Crippen molar-refractivity contribution in [2.75, 3.05) is 19.0 Å². The molecule has 0 saturated heterocycles. The molecule has 0 radical (unpaired) electrons. The Morgan fingerprint density at radius 2 is 1.76 bits per heavy atom. The lowest BCUT2D eigenvalue weighted by atomic mass is 9.82. The topological polar surface area (TPSA) is 9.23 Å². The van der Waals surface area contributed by atoms with Crippen LogP contribution >= 0.6 is 12.6 Å². The summed E-state index contributed by atoms with van der Waals surface area (Å²) >= 11 is 4.43. The van der Waals surface area contributed by atoms with Crippen LogP contribution in [-0.2, 0) is 4.74 Å². The molecule has 0 aromatic rings. The molecule has 2 heteroatoms. The third-order valence-corrected chi connectivity index (χ3v) is 4.10. The largest absolute Gasteiger partial charge is 0.381 e. The lowest BCUT2D eigenvalue weighted by molar-refractivity contribution is 0.0422. The van der Waals surface area contributed by atoms with Crippen LogP contribution < -0.4 is 0 Å². The predicted octanol–water partition coefficient (Wildman–Crippen LogP) is 4.81. The summed E-state index contributed by atoms with van der Waals surface area (Å²) in [6.45, 7) is 13.1. The van der Waals surface area contributed by atoms with Crippen LogP contribution in [0.5, 0.6) is 0 Å². The van der Waals surface area contributed by atoms with Gasteiger partial charge in [-0.2, -0.15) is 12.6 Å². The van der Waals surface area contributed by atoms with Crippen LogP contribution in [0.3, 0.4) is 0 Å². The van der Waals surface area contributed by atoms with Gasteiger partial charge in [0.1, 0.15) is 0 Å². The molecule has 0 N–H and O–H groups in total. The molecule has 0 amide bonds. The van der Waals surface area contributed by atoms with Crippen LogP contribution in [0.25, 0.3) is 0 Å². The van der Waals surface area contributed by atoms with Crippen LogP contribution in [0.15, 0.2) is 0 Å². The molecule has 1 nitrogen and oxygen atoms in total. The van der Waals surface area contributed by atoms with Gasteiger partial charge >= 0.3 is 0 Å². The minimum absolute atomic E-state index is 0.298. The second-order valence-electron chi connectivity index (χ2n) is 6.20. The first-order valence-electron chi connectivity index (χ1n) is 7.14. The Labute approximate surface area is 114 Å². The van der Waals surface area contributed by atoms with Crippen molar-refractivity contribution in [3.05, 3.63) is 0 Å². The van der Waals surface area contributed by atoms with E-state index in [9.17, 15) is 0 Å². The van der Waals surface area contributed by atoms with Crippen molar-refractivity contribution in [3.8, 4) is 0 Å². The molecule has 17 heavy (non-hydrogen) atoms. The minimum atomic E-state index is 0.298. The van der Waals surface area contributed by atoms with Gasteiger partial charge in [0.2, 0.25) is 0 Å². The maximum atomic E-state index is 5.91. The molecule has 0 aliphatic heterocycles. The van der Waals surface area contributed by atoms with Crippen molar-refractivity contribution >= 4 is 12.6 Å². The quantitative estimate of drug-likeness (QED) is 0.585. The van der Waals surface area contributed by atoms with E-state index in [1.165, 1.54) is 25.7 Å². The zero-order chi connectivity index (χ0) is 13.3. The normalized spacial score (nSPS) is 15.9. The van der Waals surface area contributed by atoms with E-state index in [-0.39, 0.29) is 0 Å². The van der Waals surface area contributed by atoms with Gasteiger partial charge in [-0.1, -0.05) is 53.9 Å². The van der Waals surface area contributed by atoms with Crippen molar-refractivity contribution in [1.82, 2.24) is 0 Å². The monoisotopic (exact) mass is 260 g/mol. The molecule has 0 rings (SSSR count). The number of rotatable bonds is 9. The summed E-state index contributed by atoms with van der Waals surface area (Å²) in [4.78, 5) is 0. The minimum Gasteiger partial charge on any atom is -0.381 e. The van der Waals surface area contributed by atoms with E-state index >= 15 is 0 Å². The van der Waals surface area contributed by atoms with Crippen LogP contribution in [0, 0.1) is 17.3 Å². The van der Waals surface area contributed by atoms with E-state index in [4.69, 9.17) is 4.74 Å². The summed E-state index contributed by atoms with van der Waals surface area (Å²) < 4.78 is 5.91. The Hall–Kier alpha value is 0.310. The van der Waals surface area contributed by atoms with Crippen LogP contribution in [0.2, 0.25) is 0 Å². The molecule has 0 aromatic heterocycles. The van der Waals surface area contributed by atoms with Gasteiger partial charge in [0, 0.05) is 6.61 Å². The molecule has 0 aliphatic rings. The molecule has 0 spiro atoms. The first-order valence-corrected chi connectivity index (χ1v) is 7.77. The molecule has 0 heterocycles. The molecule has 2 unspecified atom stereocenters. The van der Waals surface area contributed by atoms with Gasteiger partial charge in [-0.05, 0) is 29.4 Å². The van der Waals surface area contributed by atoms with Crippen molar-refractivity contribution in [3.63, 3.8) is 0 Å². The molecular weight excluding hydrogens is 228 g/mol. The summed E-state index contributed by atoms with van der Waals surface area (Å²) in [6, 6.07) is 0. The molecule has 0 fully saturated rings. The first-order chi connectivity index (χ1) is 7.95. The third kappa shape index (κ3) is 8.10. The zero-order valence-electron chi connectivity index (χ0n) is 12.5. The Morgan fingerprint density at radius 1 is 1.12 bits per heavy atom. The van der Waals surface area contributed by atoms with Gasteiger partial charge in [0.15, 0.2) is 0 Å². The number of thiol groups is 1. The van der Waals surface area contributed by atoms with Gasteiger partial charge in [-0.25, -0.2) is 0 Å². The Kier molecular flexibility index (Phi) is 9.44. The maximum Gasteiger partial charge on any atom is 0.0507 e. The molecular formula is C15H32OS. The lowest BCUT2D eigenvalue weighted by Gasteiger charge is -2.29. The van der Waals surface area contributed by atoms with Crippen LogP contribution in [0.4, 0.5) is 0 Å². The average Bonchev–Trinajstić information content (AvgIpc) is 2.26. The van der Waals surface area contributed by atoms with Crippen molar-refractivity contribution in [2.45, 2.75) is 60.3 Å². The second-order valence-corrected chi connectivity index (χ2v) is 6.56. The second kappa shape index (κ2) is 9.27. The van der Waals surface area contributed by atoms with Crippen LogP contribution in [0.1, 0.15) is 60.3 Å². The van der Waals surface area contributed by atoms with Crippen molar-refractivity contribution < 1.29 is 4.74 Å². The standard InChI is InChI=1S/C15H32OS/c1-6-8-9-13(7-2)10-16-11-14(12-17)15(3,4)5/h13-14,17H,6-12H2,1-5H3. The molecule has 0 bridgehead atoms. The fourth-order valence-electron chi connectivity index (χ4n) is 1.85. The highest BCUT2D eigenvalue weighted by Gasteiger charge is 2.23. The van der Waals surface area contributed by atoms with Gasteiger partial charge in [0.25, 0.3) is 0 Å². The highest BCUT2D eigenvalue weighted by Crippen LogP contribution is 2.27. The number of hydrogen-bond donors (Lipinski definition) is 1. The Bertz CT molecular complexity index is 174. The number of hydrogen-bond acceptors (Lipinski definition) is 2. The summed E-state index contributed by atoms with van der Waals surface area (Å²) in [7, 11) is 0. The van der Waals surface area contributed by atoms with Gasteiger partial charge in [0.05, 0.1) is 6.61 Å². The molecule has 0 saturated carbocycles. The van der Waals surface area contributed by atoms with E-state index < -0.39 is 0 Å². The molecule has 0 aliphatic carbocycles. The fraction of sp³-hybridized carbons (Fsp3) is 1.00. The van der Waals surface area contributed by atoms with Crippen LogP contribution in [-0.4, -0.2) is 19.0 Å². The molecule has 104 valence electrons. The lowest BCUT2D eigenvalue weighted by Crippen LogP contribution is -2.27. The average molecular weight is 260 g/mol. The Morgan fingerprint density at radius 3 is 2.18 bits per heavy atom. The van der Waals surface area contributed by atoms with Gasteiger partial charge in [-0.3, -0.25) is 0 Å². The highest BCUT2D eigenvalue weighted by molar-refractivity contribution is 7.80. The third-order valence-electron chi connectivity index (χ3n) is 3.66. The molecule has 2 atom stereocenters. The first kappa shape index (κ1) is 17.3. The summed E-state index contributed by atoms with van der Waals surface area (Å²) in [5.41, 5.74) is 0.298. The van der Waals surface area contributed by atoms with E-state index in [1.54, 1.807) is 0 Å². The van der Waals surface area contributed by atoms with E-state index in [0.29, 0.717) is 11.3 Å². The van der Waals surface area contributed by atoms with E-state index in [1.807, 2.05) is 0 Å². The fourth-order valence-corrected chi connectivity index (χ4v) is 2.50. The maximum absolute atomic E-state index is 5.91. The summed E-state index contributed by atoms with van der Waals surface area (Å²) in [5.74, 6) is 2.21. The van der Waals surface area contributed by atoms with E-state index in [2.05, 4.69) is 47.2 Å². The van der Waals surface area contributed by atoms with Crippen molar-refractivity contribution in [1.29, 1.82) is 0 Å². The zero-order valence-corrected chi connectivity index (χ0v) is 13.4. The highest BCUT2D eigenvalue weighted by atomic mass is 32.1. The van der Waals surface area contributed by atoms with Gasteiger partial charge in [-0.15, -0.1) is 0 Å². The SMILES string of the molecule is CCCCC(CC)COCC(CS)C(C)(C)C. The molecule has 0 aromatic carbocycles. The summed E-state index contributed by atoms with van der Waals surface area (Å²) in [5, 5.41) is 0. The summed E-state index contributed by atoms with van der Waals surface area (Å²) in [6.07, 6.45) is 5.17. The Balaban J connectivity index is 3.86. The van der Waals surface area contributed by atoms with Gasteiger partial charge < -0.3 is 4.74 Å². The van der Waals surface area contributed by atoms with Crippen molar-refractivity contribution in [2.24, 2.45) is 17.3 Å². The number of ether oxygens (including phenoxy) is 1. The smallest absolute Gasteiger partial charge is 0.0507 e. The number of unbranched alkanes of at least 4 members (excludes halogenated alkanes) is 1. The van der Waals surface area contributed by atoms with E-state index in [0.717, 1.165) is 24.9 Å². The predicted molar refractivity (Wildman–Crippen MR) is 80.9 cm³/mol.